The lowest BCUT2D eigenvalue weighted by Gasteiger charge is -2.31. The van der Waals surface area contributed by atoms with E-state index in [1.54, 1.807) is 0 Å². The van der Waals surface area contributed by atoms with E-state index in [-0.39, 0.29) is 17.0 Å². The van der Waals surface area contributed by atoms with E-state index in [1.165, 1.54) is 6.07 Å². The summed E-state index contributed by atoms with van der Waals surface area (Å²) in [6, 6.07) is 1.85. The molecule has 0 radical (unpaired) electrons. The molecule has 0 bridgehead atoms. The average Bonchev–Trinajstić information content (AvgIpc) is 3.51. The average molecular weight is 388 g/mol. The number of nitrogens with one attached hydrogen (secondary N) is 1. The molecule has 0 amide bonds. The molecule has 2 aromatic heterocycles. The number of hydrogen-bond donors (Lipinski definition) is 1. The number of pyridine rings is 1. The lowest BCUT2D eigenvalue weighted by Crippen LogP contribution is -2.37. The van der Waals surface area contributed by atoms with E-state index in [1.807, 2.05) is 4.57 Å². The van der Waals surface area contributed by atoms with Gasteiger partial charge < -0.3 is 5.32 Å². The van der Waals surface area contributed by atoms with E-state index < -0.39 is 5.82 Å². The van der Waals surface area contributed by atoms with Crippen LogP contribution in [0.15, 0.2) is 17.1 Å². The topological polar surface area (TPSA) is 63.1 Å². The van der Waals surface area contributed by atoms with Crippen molar-refractivity contribution in [2.24, 2.45) is 5.92 Å². The van der Waals surface area contributed by atoms with Crippen molar-refractivity contribution in [1.29, 1.82) is 0 Å². The van der Waals surface area contributed by atoms with Crippen LogP contribution in [-0.4, -0.2) is 45.1 Å². The van der Waals surface area contributed by atoms with E-state index in [0.29, 0.717) is 24.2 Å². The highest BCUT2D eigenvalue weighted by Gasteiger charge is 2.30. The summed E-state index contributed by atoms with van der Waals surface area (Å²) in [5.74, 6) is 0.847. The maximum atomic E-state index is 13.7. The van der Waals surface area contributed by atoms with Gasteiger partial charge in [-0.05, 0) is 44.6 Å². The standard InChI is InChI=1S/C21H30FN5O/c1-3-4-18(26-9-7-14(2)23-8-10-26)20-25-19-17(11-16(22)12-24-19)21(28)27(20)13-15-5-6-15/h11-12,14-15,18,23H,3-10,13H2,1-2H3/t14-,18+/m1/s1. The van der Waals surface area contributed by atoms with Gasteiger partial charge in [0.05, 0.1) is 17.6 Å². The molecule has 1 saturated carbocycles. The lowest BCUT2D eigenvalue weighted by molar-refractivity contribution is 0.183. The molecule has 7 heteroatoms. The third-order valence-corrected chi connectivity index (χ3v) is 5.99. The molecule has 2 aliphatic rings. The molecule has 1 aliphatic heterocycles. The number of halogens is 1. The summed E-state index contributed by atoms with van der Waals surface area (Å²) in [6.07, 6.45) is 6.47. The van der Waals surface area contributed by atoms with Crippen molar-refractivity contribution in [2.45, 2.75) is 64.6 Å². The summed E-state index contributed by atoms with van der Waals surface area (Å²) in [7, 11) is 0. The van der Waals surface area contributed by atoms with Gasteiger partial charge in [-0.2, -0.15) is 0 Å². The van der Waals surface area contributed by atoms with E-state index in [2.05, 4.69) is 29.0 Å². The smallest absolute Gasteiger partial charge is 0.263 e. The van der Waals surface area contributed by atoms with Gasteiger partial charge in [-0.25, -0.2) is 14.4 Å². The second-order valence-corrected chi connectivity index (χ2v) is 8.34. The Kier molecular flexibility index (Phi) is 5.73. The fraction of sp³-hybridized carbons (Fsp3) is 0.667. The van der Waals surface area contributed by atoms with Gasteiger partial charge in [0.15, 0.2) is 5.65 Å². The van der Waals surface area contributed by atoms with Crippen LogP contribution < -0.4 is 10.9 Å². The van der Waals surface area contributed by atoms with Gasteiger partial charge in [-0.15, -0.1) is 0 Å². The van der Waals surface area contributed by atoms with E-state index in [4.69, 9.17) is 4.98 Å². The summed E-state index contributed by atoms with van der Waals surface area (Å²) < 4.78 is 15.5. The molecular weight excluding hydrogens is 357 g/mol. The number of aromatic nitrogens is 3. The van der Waals surface area contributed by atoms with Crippen molar-refractivity contribution in [3.05, 3.63) is 34.3 Å². The van der Waals surface area contributed by atoms with Crippen molar-refractivity contribution >= 4 is 11.0 Å². The van der Waals surface area contributed by atoms with Gasteiger partial charge in [0.2, 0.25) is 0 Å². The first-order chi connectivity index (χ1) is 13.6. The van der Waals surface area contributed by atoms with Crippen molar-refractivity contribution < 1.29 is 4.39 Å². The van der Waals surface area contributed by atoms with E-state index in [0.717, 1.165) is 63.8 Å². The Hall–Kier alpha value is -1.86. The summed E-state index contributed by atoms with van der Waals surface area (Å²) in [4.78, 5) is 24.7. The SMILES string of the molecule is CCC[C@@H](c1nc2ncc(F)cc2c(=O)n1CC1CC1)N1CCN[C@H](C)CC1. The van der Waals surface area contributed by atoms with Crippen molar-refractivity contribution in [3.63, 3.8) is 0 Å². The fourth-order valence-electron chi connectivity index (χ4n) is 4.17. The zero-order valence-corrected chi connectivity index (χ0v) is 16.8. The second kappa shape index (κ2) is 8.25. The predicted octanol–water partition coefficient (Wildman–Crippen LogP) is 2.87. The van der Waals surface area contributed by atoms with Crippen LogP contribution in [0.2, 0.25) is 0 Å². The molecule has 1 N–H and O–H groups in total. The predicted molar refractivity (Wildman–Crippen MR) is 108 cm³/mol. The highest BCUT2D eigenvalue weighted by Crippen LogP contribution is 2.32. The van der Waals surface area contributed by atoms with Gasteiger partial charge in [-0.3, -0.25) is 14.3 Å². The third-order valence-electron chi connectivity index (χ3n) is 5.99. The molecule has 4 rings (SSSR count). The molecule has 2 aromatic rings. The van der Waals surface area contributed by atoms with Gasteiger partial charge in [0, 0.05) is 32.2 Å². The Bertz CT molecular complexity index is 894. The molecule has 1 saturated heterocycles. The van der Waals surface area contributed by atoms with Crippen LogP contribution in [0.4, 0.5) is 4.39 Å². The van der Waals surface area contributed by atoms with Gasteiger partial charge >= 0.3 is 0 Å². The molecule has 2 atom stereocenters. The molecule has 1 aliphatic carbocycles. The van der Waals surface area contributed by atoms with Gasteiger partial charge in [0.25, 0.3) is 5.56 Å². The summed E-state index contributed by atoms with van der Waals surface area (Å²) in [6.45, 7) is 7.91. The van der Waals surface area contributed by atoms with Crippen LogP contribution in [0.5, 0.6) is 0 Å². The molecule has 152 valence electrons. The molecule has 28 heavy (non-hydrogen) atoms. The second-order valence-electron chi connectivity index (χ2n) is 8.34. The monoisotopic (exact) mass is 387 g/mol. The largest absolute Gasteiger partial charge is 0.313 e. The first-order valence-corrected chi connectivity index (χ1v) is 10.6. The highest BCUT2D eigenvalue weighted by molar-refractivity contribution is 5.73. The Labute approximate surface area is 165 Å². The maximum Gasteiger partial charge on any atom is 0.263 e. The molecule has 2 fully saturated rings. The first kappa shape index (κ1) is 19.5. The van der Waals surface area contributed by atoms with Crippen LogP contribution in [0.3, 0.4) is 0 Å². The Morgan fingerprint density at radius 3 is 2.89 bits per heavy atom. The number of nitrogens with zero attached hydrogens (tertiary/aromatic N) is 4. The molecule has 0 spiro atoms. The lowest BCUT2D eigenvalue weighted by atomic mass is 10.1. The minimum atomic E-state index is -0.491. The minimum absolute atomic E-state index is 0.0832. The third kappa shape index (κ3) is 4.10. The normalized spacial score (nSPS) is 22.3. The summed E-state index contributed by atoms with van der Waals surface area (Å²) in [5.41, 5.74) is 0.206. The summed E-state index contributed by atoms with van der Waals surface area (Å²) in [5, 5.41) is 3.83. The zero-order chi connectivity index (χ0) is 19.7. The Morgan fingerprint density at radius 2 is 2.14 bits per heavy atom. The number of hydrogen-bond acceptors (Lipinski definition) is 5. The Morgan fingerprint density at radius 1 is 1.32 bits per heavy atom. The zero-order valence-electron chi connectivity index (χ0n) is 16.8. The molecule has 0 aromatic carbocycles. The van der Waals surface area contributed by atoms with Crippen LogP contribution in [-0.2, 0) is 6.54 Å². The van der Waals surface area contributed by atoms with Crippen LogP contribution in [0.25, 0.3) is 11.0 Å². The van der Waals surface area contributed by atoms with Crippen molar-refractivity contribution in [2.75, 3.05) is 19.6 Å². The van der Waals surface area contributed by atoms with E-state index >= 15 is 0 Å². The Balaban J connectivity index is 1.80. The van der Waals surface area contributed by atoms with E-state index in [9.17, 15) is 9.18 Å². The number of rotatable bonds is 6. The van der Waals surface area contributed by atoms with Crippen LogP contribution in [0, 0.1) is 11.7 Å². The van der Waals surface area contributed by atoms with Crippen molar-refractivity contribution in [1.82, 2.24) is 24.8 Å². The van der Waals surface area contributed by atoms with Crippen LogP contribution in [0.1, 0.15) is 57.8 Å². The molecule has 6 nitrogen and oxygen atoms in total. The van der Waals surface area contributed by atoms with Gasteiger partial charge in [-0.1, -0.05) is 13.3 Å². The fourth-order valence-corrected chi connectivity index (χ4v) is 4.17. The van der Waals surface area contributed by atoms with Gasteiger partial charge in [0.1, 0.15) is 11.6 Å². The highest BCUT2D eigenvalue weighted by atomic mass is 19.1. The maximum absolute atomic E-state index is 13.7. The molecule has 0 unspecified atom stereocenters. The quantitative estimate of drug-likeness (QED) is 0.826. The minimum Gasteiger partial charge on any atom is -0.313 e. The number of fused-ring (bicyclic) bond motifs is 1. The first-order valence-electron chi connectivity index (χ1n) is 10.6. The van der Waals surface area contributed by atoms with Crippen LogP contribution >= 0.6 is 0 Å². The molecular formula is C21H30FN5O. The van der Waals surface area contributed by atoms with Crippen molar-refractivity contribution in [3.8, 4) is 0 Å². The summed E-state index contributed by atoms with van der Waals surface area (Å²) >= 11 is 0. The molecule has 3 heterocycles.